The van der Waals surface area contributed by atoms with Gasteiger partial charge in [-0.2, -0.15) is 0 Å². The third-order valence-electron chi connectivity index (χ3n) is 7.26. The van der Waals surface area contributed by atoms with Crippen LogP contribution in [0, 0.1) is 6.92 Å². The molecule has 182 valence electrons. The number of pyridine rings is 1. The van der Waals surface area contributed by atoms with Gasteiger partial charge < -0.3 is 20.1 Å². The molecule has 6 nitrogen and oxygen atoms in total. The molecule has 3 aromatic rings. The van der Waals surface area contributed by atoms with Gasteiger partial charge in [-0.15, -0.1) is 0 Å². The molecule has 1 aliphatic heterocycles. The lowest BCUT2D eigenvalue weighted by atomic mass is 9.95. The van der Waals surface area contributed by atoms with Crippen molar-refractivity contribution in [2.24, 2.45) is 0 Å². The predicted molar refractivity (Wildman–Crippen MR) is 145 cm³/mol. The van der Waals surface area contributed by atoms with Crippen molar-refractivity contribution in [3.63, 3.8) is 0 Å². The molecule has 2 fully saturated rings. The average Bonchev–Trinajstić information content (AvgIpc) is 3.51. The zero-order chi connectivity index (χ0) is 24.4. The standard InChI is InChI=1S/C28H33N5OS/c1-3-25(34)30-23-13-12-22(17-19(23)2)33-27(26(31-28(33)35)24-11-7-8-15-29-24)20-14-16-32(18-20)21-9-5-4-6-10-21/h7-8,11-18,21,26-27H,3-6,9-10H2,1-2H3,(H,30,34)(H,31,35). The first-order valence-corrected chi connectivity index (χ1v) is 13.0. The van der Waals surface area contributed by atoms with Gasteiger partial charge in [-0.25, -0.2) is 0 Å². The molecule has 0 radical (unpaired) electrons. The fourth-order valence-corrected chi connectivity index (χ4v) is 5.71. The Balaban J connectivity index is 1.52. The summed E-state index contributed by atoms with van der Waals surface area (Å²) < 4.78 is 2.40. The molecule has 3 heterocycles. The first kappa shape index (κ1) is 23.5. The van der Waals surface area contributed by atoms with Crippen molar-refractivity contribution in [1.82, 2.24) is 14.9 Å². The van der Waals surface area contributed by atoms with Crippen LogP contribution in [-0.2, 0) is 4.79 Å². The van der Waals surface area contributed by atoms with Crippen molar-refractivity contribution in [2.45, 2.75) is 70.5 Å². The van der Waals surface area contributed by atoms with Gasteiger partial charge in [-0.1, -0.05) is 32.3 Å². The van der Waals surface area contributed by atoms with Gasteiger partial charge in [0.2, 0.25) is 5.91 Å². The Morgan fingerprint density at radius 2 is 2.00 bits per heavy atom. The van der Waals surface area contributed by atoms with E-state index in [4.69, 9.17) is 12.2 Å². The number of aryl methyl sites for hydroxylation is 1. The van der Waals surface area contributed by atoms with E-state index in [1.54, 1.807) is 0 Å². The lowest BCUT2D eigenvalue weighted by Gasteiger charge is -2.28. The number of nitrogens with zero attached hydrogens (tertiary/aromatic N) is 3. The van der Waals surface area contributed by atoms with E-state index >= 15 is 0 Å². The van der Waals surface area contributed by atoms with Gasteiger partial charge in [0.1, 0.15) is 0 Å². The Bertz CT molecular complexity index is 1200. The maximum Gasteiger partial charge on any atom is 0.224 e. The molecule has 2 unspecified atom stereocenters. The lowest BCUT2D eigenvalue weighted by molar-refractivity contribution is -0.115. The van der Waals surface area contributed by atoms with Crippen LogP contribution in [0.1, 0.15) is 80.4 Å². The van der Waals surface area contributed by atoms with Crippen molar-refractivity contribution < 1.29 is 4.79 Å². The summed E-state index contributed by atoms with van der Waals surface area (Å²) in [6.07, 6.45) is 13.3. The highest BCUT2D eigenvalue weighted by Gasteiger charge is 2.41. The first-order chi connectivity index (χ1) is 17.0. The maximum absolute atomic E-state index is 11.9. The second-order valence-corrected chi connectivity index (χ2v) is 9.97. The van der Waals surface area contributed by atoms with Gasteiger partial charge in [0.05, 0.1) is 17.8 Å². The first-order valence-electron chi connectivity index (χ1n) is 12.6. The number of hydrogen-bond donors (Lipinski definition) is 2. The summed E-state index contributed by atoms with van der Waals surface area (Å²) in [6, 6.07) is 14.9. The number of amides is 1. The average molecular weight is 488 g/mol. The van der Waals surface area contributed by atoms with E-state index in [9.17, 15) is 4.79 Å². The molecule has 2 aromatic heterocycles. The zero-order valence-corrected chi connectivity index (χ0v) is 21.2. The summed E-state index contributed by atoms with van der Waals surface area (Å²) in [5, 5.41) is 7.22. The van der Waals surface area contributed by atoms with E-state index in [0.29, 0.717) is 17.6 Å². The molecule has 2 N–H and O–H groups in total. The van der Waals surface area contributed by atoms with Crippen molar-refractivity contribution in [1.29, 1.82) is 0 Å². The lowest BCUT2D eigenvalue weighted by Crippen LogP contribution is -2.29. The summed E-state index contributed by atoms with van der Waals surface area (Å²) in [6.45, 7) is 3.88. The van der Waals surface area contributed by atoms with E-state index in [1.807, 2.05) is 44.3 Å². The van der Waals surface area contributed by atoms with E-state index < -0.39 is 0 Å². The molecule has 7 heteroatoms. The van der Waals surface area contributed by atoms with Gasteiger partial charge in [-0.05, 0) is 79.5 Å². The number of carbonyl (C=O) groups is 1. The molecule has 1 saturated heterocycles. The Hall–Kier alpha value is -3.19. The Morgan fingerprint density at radius 1 is 1.17 bits per heavy atom. The minimum atomic E-state index is -0.0642. The van der Waals surface area contributed by atoms with E-state index in [0.717, 1.165) is 22.6 Å². The monoisotopic (exact) mass is 487 g/mol. The third-order valence-corrected chi connectivity index (χ3v) is 7.57. The van der Waals surface area contributed by atoms with Crippen LogP contribution in [0.5, 0.6) is 0 Å². The fraction of sp³-hybridized carbons (Fsp3) is 0.393. The molecule has 0 bridgehead atoms. The molecular formula is C28H33N5OS. The van der Waals surface area contributed by atoms with Crippen LogP contribution < -0.4 is 15.5 Å². The molecule has 35 heavy (non-hydrogen) atoms. The van der Waals surface area contributed by atoms with Crippen LogP contribution in [0.2, 0.25) is 0 Å². The molecule has 2 aliphatic rings. The van der Waals surface area contributed by atoms with E-state index in [1.165, 1.54) is 37.7 Å². The molecule has 1 aliphatic carbocycles. The number of hydrogen-bond acceptors (Lipinski definition) is 3. The predicted octanol–water partition coefficient (Wildman–Crippen LogP) is 6.22. The topological polar surface area (TPSA) is 62.2 Å². The number of nitrogens with one attached hydrogen (secondary N) is 2. The largest absolute Gasteiger partial charge is 0.351 e. The zero-order valence-electron chi connectivity index (χ0n) is 20.4. The second-order valence-electron chi connectivity index (χ2n) is 9.58. The highest BCUT2D eigenvalue weighted by Crippen LogP contribution is 2.43. The van der Waals surface area contributed by atoms with Gasteiger partial charge in [-0.3, -0.25) is 9.78 Å². The normalized spacial score (nSPS) is 20.6. The maximum atomic E-state index is 11.9. The van der Waals surface area contributed by atoms with Crippen molar-refractivity contribution >= 4 is 34.6 Å². The third kappa shape index (κ3) is 4.82. The number of carbonyl (C=O) groups excluding carboxylic acids is 1. The van der Waals surface area contributed by atoms with Gasteiger partial charge >= 0.3 is 0 Å². The molecule has 5 rings (SSSR count). The molecular weight excluding hydrogens is 454 g/mol. The quantitative estimate of drug-likeness (QED) is 0.404. The number of benzene rings is 1. The Morgan fingerprint density at radius 3 is 2.71 bits per heavy atom. The molecule has 2 atom stereocenters. The molecule has 1 aromatic carbocycles. The van der Waals surface area contributed by atoms with E-state index in [-0.39, 0.29) is 18.0 Å². The summed E-state index contributed by atoms with van der Waals surface area (Å²) in [7, 11) is 0. The van der Waals surface area contributed by atoms with Crippen molar-refractivity contribution in [2.75, 3.05) is 10.2 Å². The fourth-order valence-electron chi connectivity index (χ4n) is 5.36. The van der Waals surface area contributed by atoms with Gasteiger partial charge in [0.25, 0.3) is 0 Å². The second kappa shape index (κ2) is 10.2. The number of aromatic nitrogens is 2. The molecule has 1 saturated carbocycles. The van der Waals surface area contributed by atoms with Gasteiger partial charge in [0, 0.05) is 42.4 Å². The van der Waals surface area contributed by atoms with Crippen LogP contribution in [0.25, 0.3) is 0 Å². The van der Waals surface area contributed by atoms with Crippen molar-refractivity contribution in [3.05, 3.63) is 77.9 Å². The molecule has 1 amide bonds. The van der Waals surface area contributed by atoms with Crippen LogP contribution in [-0.4, -0.2) is 20.6 Å². The Labute approximate surface area is 212 Å². The highest BCUT2D eigenvalue weighted by atomic mass is 32.1. The number of rotatable bonds is 6. The highest BCUT2D eigenvalue weighted by molar-refractivity contribution is 7.80. The minimum Gasteiger partial charge on any atom is -0.351 e. The van der Waals surface area contributed by atoms with Crippen molar-refractivity contribution in [3.8, 4) is 0 Å². The summed E-state index contributed by atoms with van der Waals surface area (Å²) in [5.74, 6) is 0.0105. The summed E-state index contributed by atoms with van der Waals surface area (Å²) >= 11 is 5.88. The van der Waals surface area contributed by atoms with Crippen LogP contribution in [0.3, 0.4) is 0 Å². The van der Waals surface area contributed by atoms with Crippen LogP contribution in [0.4, 0.5) is 11.4 Å². The van der Waals surface area contributed by atoms with Crippen LogP contribution >= 0.6 is 12.2 Å². The van der Waals surface area contributed by atoms with Crippen LogP contribution in [0.15, 0.2) is 61.1 Å². The summed E-state index contributed by atoms with van der Waals surface area (Å²) in [4.78, 5) is 18.8. The van der Waals surface area contributed by atoms with Gasteiger partial charge in [0.15, 0.2) is 5.11 Å². The minimum absolute atomic E-state index is 0.0105. The summed E-state index contributed by atoms with van der Waals surface area (Å²) in [5.41, 5.74) is 5.03. The SMILES string of the molecule is CCC(=O)Nc1ccc(N2C(=S)NC(c3ccccn3)C2c2ccn(C3CCCCC3)c2)cc1C. The smallest absolute Gasteiger partial charge is 0.224 e. The van der Waals surface area contributed by atoms with E-state index in [2.05, 4.69) is 55.7 Å². The Kier molecular flexibility index (Phi) is 6.86. The number of thiocarbonyl (C=S) groups is 1. The number of anilines is 2. The molecule has 0 spiro atoms.